The number of piperazine rings is 1. The Balaban J connectivity index is 1.44. The third kappa shape index (κ3) is 3.81. The highest BCUT2D eigenvalue weighted by molar-refractivity contribution is 7.89. The molecule has 0 unspecified atom stereocenters. The summed E-state index contributed by atoms with van der Waals surface area (Å²) in [6, 6.07) is 8.48. The summed E-state index contributed by atoms with van der Waals surface area (Å²) >= 11 is 2.53. The van der Waals surface area contributed by atoms with Gasteiger partial charge < -0.3 is 9.88 Å². The van der Waals surface area contributed by atoms with Crippen molar-refractivity contribution >= 4 is 54.9 Å². The molecule has 1 aliphatic heterocycles. The Morgan fingerprint density at radius 1 is 1.14 bits per heavy atom. The van der Waals surface area contributed by atoms with Crippen LogP contribution in [0.25, 0.3) is 16.3 Å². The highest BCUT2D eigenvalue weighted by Crippen LogP contribution is 2.23. The summed E-state index contributed by atoms with van der Waals surface area (Å²) in [7, 11) is -3.67. The van der Waals surface area contributed by atoms with Crippen molar-refractivity contribution in [2.45, 2.75) is 4.90 Å². The Morgan fingerprint density at radius 2 is 1.93 bits per heavy atom. The lowest BCUT2D eigenvalue weighted by atomic mass is 10.3. The molecule has 0 spiro atoms. The van der Waals surface area contributed by atoms with Gasteiger partial charge in [0.15, 0.2) is 0 Å². The van der Waals surface area contributed by atoms with E-state index in [2.05, 4.69) is 4.98 Å². The number of amides is 1. The van der Waals surface area contributed by atoms with Crippen molar-refractivity contribution in [3.63, 3.8) is 0 Å². The van der Waals surface area contributed by atoms with Crippen LogP contribution in [0.4, 0.5) is 0 Å². The van der Waals surface area contributed by atoms with Gasteiger partial charge in [-0.25, -0.2) is 8.42 Å². The van der Waals surface area contributed by atoms with Crippen molar-refractivity contribution in [3.05, 3.63) is 56.3 Å². The third-order valence-electron chi connectivity index (χ3n) is 4.51. The number of thiazole rings is 1. The van der Waals surface area contributed by atoms with Crippen molar-refractivity contribution in [3.8, 4) is 0 Å². The van der Waals surface area contributed by atoms with Crippen molar-refractivity contribution in [1.29, 1.82) is 0 Å². The van der Waals surface area contributed by atoms with Gasteiger partial charge in [0.2, 0.25) is 15.9 Å². The van der Waals surface area contributed by atoms with Gasteiger partial charge in [0.1, 0.15) is 0 Å². The molecule has 0 bridgehead atoms. The molecule has 10 heteroatoms. The number of aromatic amines is 1. The largest absolute Gasteiger partial charge is 0.337 e. The van der Waals surface area contributed by atoms with E-state index in [-0.39, 0.29) is 28.8 Å². The van der Waals surface area contributed by atoms with Crippen LogP contribution in [0.15, 0.2) is 51.5 Å². The fraction of sp³-hybridized carbons (Fsp3) is 0.222. The summed E-state index contributed by atoms with van der Waals surface area (Å²) in [5.74, 6) is -0.121. The molecule has 28 heavy (non-hydrogen) atoms. The average molecular weight is 436 g/mol. The Kier molecular flexibility index (Phi) is 5.19. The van der Waals surface area contributed by atoms with Gasteiger partial charge in [0.25, 0.3) is 0 Å². The van der Waals surface area contributed by atoms with Crippen molar-refractivity contribution in [2.24, 2.45) is 0 Å². The molecule has 0 saturated carbocycles. The maximum absolute atomic E-state index is 12.9. The van der Waals surface area contributed by atoms with E-state index in [4.69, 9.17) is 0 Å². The lowest BCUT2D eigenvalue weighted by Crippen LogP contribution is -2.50. The molecule has 1 fully saturated rings. The van der Waals surface area contributed by atoms with Gasteiger partial charge in [-0.1, -0.05) is 17.4 Å². The highest BCUT2D eigenvalue weighted by Gasteiger charge is 2.29. The number of H-pyrrole nitrogens is 1. The molecule has 0 aliphatic carbocycles. The summed E-state index contributed by atoms with van der Waals surface area (Å²) in [5.41, 5.74) is 0.627. The first-order chi connectivity index (χ1) is 13.4. The second-order valence-corrected chi connectivity index (χ2v) is 10.2. The molecular formula is C18H17N3O4S3. The number of aromatic nitrogens is 1. The SMILES string of the molecule is O=C(/C=C/c1cccs1)N1CCN(S(=O)(=O)c2ccc3[nH]c(=O)sc3c2)CC1. The molecule has 3 heterocycles. The van der Waals surface area contributed by atoms with E-state index >= 15 is 0 Å². The minimum atomic E-state index is -3.67. The minimum Gasteiger partial charge on any atom is -0.337 e. The average Bonchev–Trinajstić information content (AvgIpc) is 3.34. The summed E-state index contributed by atoms with van der Waals surface area (Å²) in [5, 5.41) is 1.94. The molecule has 1 aliphatic rings. The minimum absolute atomic E-state index is 0.121. The van der Waals surface area contributed by atoms with E-state index in [9.17, 15) is 18.0 Å². The van der Waals surface area contributed by atoms with Crippen LogP contribution in [-0.4, -0.2) is 54.7 Å². The van der Waals surface area contributed by atoms with E-state index < -0.39 is 10.0 Å². The maximum Gasteiger partial charge on any atom is 0.305 e. The zero-order valence-corrected chi connectivity index (χ0v) is 17.1. The second-order valence-electron chi connectivity index (χ2n) is 6.25. The summed E-state index contributed by atoms with van der Waals surface area (Å²) in [4.78, 5) is 29.0. The first kappa shape index (κ1) is 19.1. The van der Waals surface area contributed by atoms with Crippen LogP contribution in [0.1, 0.15) is 4.88 Å². The van der Waals surface area contributed by atoms with Gasteiger partial charge in [-0.3, -0.25) is 9.59 Å². The Morgan fingerprint density at radius 3 is 2.64 bits per heavy atom. The molecule has 1 aromatic carbocycles. The molecule has 0 atom stereocenters. The summed E-state index contributed by atoms with van der Waals surface area (Å²) < 4.78 is 27.8. The zero-order valence-electron chi connectivity index (χ0n) is 14.7. The molecule has 4 rings (SSSR count). The number of hydrogen-bond donors (Lipinski definition) is 1. The molecule has 2 aromatic heterocycles. The molecule has 1 amide bonds. The number of hydrogen-bond acceptors (Lipinski definition) is 6. The topological polar surface area (TPSA) is 90.6 Å². The Hall–Kier alpha value is -2.27. The lowest BCUT2D eigenvalue weighted by Gasteiger charge is -2.33. The van der Waals surface area contributed by atoms with Crippen LogP contribution in [-0.2, 0) is 14.8 Å². The Labute approximate surface area is 169 Å². The standard InChI is InChI=1S/C18H17N3O4S3/c22-17(6-3-13-2-1-11-26-13)20-7-9-21(10-8-20)28(24,25)14-4-5-15-16(12-14)27-18(23)19-15/h1-6,11-12H,7-10H2,(H,19,23)/b6-3+. The first-order valence-corrected chi connectivity index (χ1v) is 11.7. The van der Waals surface area contributed by atoms with Crippen LogP contribution in [0.5, 0.6) is 0 Å². The van der Waals surface area contributed by atoms with Gasteiger partial charge >= 0.3 is 4.87 Å². The number of nitrogens with zero attached hydrogens (tertiary/aromatic N) is 2. The van der Waals surface area contributed by atoms with Crippen LogP contribution in [0, 0.1) is 0 Å². The van der Waals surface area contributed by atoms with Crippen molar-refractivity contribution in [1.82, 2.24) is 14.2 Å². The van der Waals surface area contributed by atoms with E-state index in [1.807, 2.05) is 17.5 Å². The molecule has 146 valence electrons. The molecule has 3 aromatic rings. The number of sulfonamides is 1. The maximum atomic E-state index is 12.9. The summed E-state index contributed by atoms with van der Waals surface area (Å²) in [6.07, 6.45) is 3.30. The van der Waals surface area contributed by atoms with Gasteiger partial charge in [0.05, 0.1) is 15.1 Å². The molecule has 1 N–H and O–H groups in total. The van der Waals surface area contributed by atoms with Gasteiger partial charge in [-0.05, 0) is 35.7 Å². The predicted molar refractivity (Wildman–Crippen MR) is 111 cm³/mol. The monoisotopic (exact) mass is 435 g/mol. The Bertz CT molecular complexity index is 1180. The number of benzene rings is 1. The smallest absolute Gasteiger partial charge is 0.305 e. The quantitative estimate of drug-likeness (QED) is 0.636. The number of thiophene rings is 1. The number of fused-ring (bicyclic) bond motifs is 1. The highest BCUT2D eigenvalue weighted by atomic mass is 32.2. The third-order valence-corrected chi connectivity index (χ3v) is 8.09. The van der Waals surface area contributed by atoms with Gasteiger partial charge in [-0.15, -0.1) is 11.3 Å². The molecular weight excluding hydrogens is 418 g/mol. The van der Waals surface area contributed by atoms with Crippen molar-refractivity contribution < 1.29 is 13.2 Å². The van der Waals surface area contributed by atoms with Gasteiger partial charge in [-0.2, -0.15) is 4.31 Å². The predicted octanol–water partition coefficient (Wildman–Crippen LogP) is 2.20. The normalized spacial score (nSPS) is 16.2. The molecule has 1 saturated heterocycles. The van der Waals surface area contributed by atoms with E-state index in [0.717, 1.165) is 16.2 Å². The number of nitrogens with one attached hydrogen (secondary N) is 1. The molecule has 0 radical (unpaired) electrons. The van der Waals surface area contributed by atoms with E-state index in [0.29, 0.717) is 23.3 Å². The number of carbonyl (C=O) groups excluding carboxylic acids is 1. The lowest BCUT2D eigenvalue weighted by molar-refractivity contribution is -0.127. The number of carbonyl (C=O) groups is 1. The van der Waals surface area contributed by atoms with E-state index in [1.54, 1.807) is 28.4 Å². The number of rotatable bonds is 4. The first-order valence-electron chi connectivity index (χ1n) is 8.57. The fourth-order valence-corrected chi connectivity index (χ4v) is 5.95. The fourth-order valence-electron chi connectivity index (χ4n) is 3.03. The van der Waals surface area contributed by atoms with Crippen LogP contribution in [0.2, 0.25) is 0 Å². The zero-order chi connectivity index (χ0) is 19.7. The van der Waals surface area contributed by atoms with Crippen LogP contribution >= 0.6 is 22.7 Å². The van der Waals surface area contributed by atoms with Crippen LogP contribution < -0.4 is 4.87 Å². The second kappa shape index (κ2) is 7.63. The van der Waals surface area contributed by atoms with E-state index in [1.165, 1.54) is 22.5 Å². The summed E-state index contributed by atoms with van der Waals surface area (Å²) in [6.45, 7) is 1.16. The van der Waals surface area contributed by atoms with Crippen LogP contribution in [0.3, 0.4) is 0 Å². The molecule has 7 nitrogen and oxygen atoms in total. The van der Waals surface area contributed by atoms with Gasteiger partial charge in [0, 0.05) is 37.1 Å². The van der Waals surface area contributed by atoms with Crippen molar-refractivity contribution in [2.75, 3.05) is 26.2 Å².